The van der Waals surface area contributed by atoms with Gasteiger partial charge in [-0.15, -0.1) is 11.8 Å². The predicted molar refractivity (Wildman–Crippen MR) is 81.8 cm³/mol. The van der Waals surface area contributed by atoms with Crippen molar-refractivity contribution in [1.29, 1.82) is 0 Å². The van der Waals surface area contributed by atoms with E-state index in [1.807, 2.05) is 24.5 Å². The zero-order valence-corrected chi connectivity index (χ0v) is 11.5. The zero-order valence-electron chi connectivity index (χ0n) is 10.7. The fourth-order valence-electron chi connectivity index (χ4n) is 2.10. The van der Waals surface area contributed by atoms with E-state index in [1.54, 1.807) is 11.8 Å². The molecule has 0 aliphatic carbocycles. The molecular weight excluding hydrogens is 254 g/mol. The van der Waals surface area contributed by atoms with Crippen LogP contribution in [0.25, 0.3) is 11.0 Å². The first-order valence-electron chi connectivity index (χ1n) is 6.20. The first kappa shape index (κ1) is 12.2. The molecule has 0 spiro atoms. The molecule has 0 saturated carbocycles. The fraction of sp³-hybridized carbons (Fsp3) is 0.125. The van der Waals surface area contributed by atoms with Gasteiger partial charge in [0.25, 0.3) is 0 Å². The van der Waals surface area contributed by atoms with Gasteiger partial charge in [-0.1, -0.05) is 24.3 Å². The van der Waals surface area contributed by atoms with Crippen LogP contribution < -0.4 is 5.32 Å². The van der Waals surface area contributed by atoms with Gasteiger partial charge in [0.2, 0.25) is 0 Å². The lowest BCUT2D eigenvalue weighted by atomic mass is 10.2. The van der Waals surface area contributed by atoms with Crippen LogP contribution in [-0.2, 0) is 6.54 Å². The van der Waals surface area contributed by atoms with E-state index in [4.69, 9.17) is 4.42 Å². The largest absolute Gasteiger partial charge is 0.464 e. The number of nitrogens with one attached hydrogen (secondary N) is 1. The van der Waals surface area contributed by atoms with Crippen LogP contribution in [0, 0.1) is 0 Å². The quantitative estimate of drug-likeness (QED) is 0.691. The van der Waals surface area contributed by atoms with Gasteiger partial charge in [-0.2, -0.15) is 0 Å². The predicted octanol–water partition coefficient (Wildman–Crippen LogP) is 4.77. The topological polar surface area (TPSA) is 25.2 Å². The molecule has 3 rings (SSSR count). The molecule has 0 amide bonds. The summed E-state index contributed by atoms with van der Waals surface area (Å²) in [6.07, 6.45) is 3.92. The van der Waals surface area contributed by atoms with Crippen LogP contribution in [0.3, 0.4) is 0 Å². The van der Waals surface area contributed by atoms with Crippen LogP contribution >= 0.6 is 11.8 Å². The molecule has 0 aliphatic heterocycles. The maximum atomic E-state index is 5.54. The van der Waals surface area contributed by atoms with Crippen molar-refractivity contribution in [3.63, 3.8) is 0 Å². The Morgan fingerprint density at radius 3 is 2.89 bits per heavy atom. The molecule has 0 radical (unpaired) electrons. The van der Waals surface area contributed by atoms with E-state index < -0.39 is 0 Å². The number of fused-ring (bicyclic) bond motifs is 1. The molecule has 0 atom stereocenters. The van der Waals surface area contributed by atoms with Gasteiger partial charge in [0.05, 0.1) is 6.26 Å². The van der Waals surface area contributed by atoms with Crippen LogP contribution in [0.2, 0.25) is 0 Å². The van der Waals surface area contributed by atoms with Gasteiger partial charge in [0.1, 0.15) is 5.58 Å². The van der Waals surface area contributed by atoms with Crippen LogP contribution in [0.4, 0.5) is 5.69 Å². The molecule has 19 heavy (non-hydrogen) atoms. The molecule has 2 aromatic carbocycles. The van der Waals surface area contributed by atoms with Crippen molar-refractivity contribution in [3.8, 4) is 0 Å². The summed E-state index contributed by atoms with van der Waals surface area (Å²) in [5.74, 6) is 0. The summed E-state index contributed by atoms with van der Waals surface area (Å²) < 4.78 is 5.54. The van der Waals surface area contributed by atoms with Crippen LogP contribution in [-0.4, -0.2) is 6.26 Å². The average Bonchev–Trinajstić information content (AvgIpc) is 2.89. The van der Waals surface area contributed by atoms with Crippen molar-refractivity contribution < 1.29 is 4.42 Å². The van der Waals surface area contributed by atoms with Gasteiger partial charge in [-0.25, -0.2) is 0 Å². The minimum absolute atomic E-state index is 0.773. The smallest absolute Gasteiger partial charge is 0.134 e. The number of anilines is 1. The highest BCUT2D eigenvalue weighted by Gasteiger charge is 2.04. The second-order valence-electron chi connectivity index (χ2n) is 4.34. The van der Waals surface area contributed by atoms with Crippen molar-refractivity contribution in [2.75, 3.05) is 11.6 Å². The zero-order chi connectivity index (χ0) is 13.1. The second-order valence-corrected chi connectivity index (χ2v) is 5.22. The van der Waals surface area contributed by atoms with E-state index in [9.17, 15) is 0 Å². The summed E-state index contributed by atoms with van der Waals surface area (Å²) in [4.78, 5) is 1.27. The monoisotopic (exact) mass is 269 g/mol. The molecule has 0 unspecified atom stereocenters. The summed E-state index contributed by atoms with van der Waals surface area (Å²) in [6, 6.07) is 16.5. The van der Waals surface area contributed by atoms with Gasteiger partial charge in [-0.05, 0) is 30.5 Å². The minimum Gasteiger partial charge on any atom is -0.464 e. The lowest BCUT2D eigenvalue weighted by Gasteiger charge is -2.06. The Hall–Kier alpha value is -1.87. The van der Waals surface area contributed by atoms with Crippen LogP contribution in [0.15, 0.2) is 64.1 Å². The molecule has 0 saturated heterocycles. The Balaban J connectivity index is 1.78. The molecule has 0 bridgehead atoms. The maximum absolute atomic E-state index is 5.54. The third-order valence-corrected chi connectivity index (χ3v) is 3.84. The molecular formula is C16H15NOS. The van der Waals surface area contributed by atoms with Crippen LogP contribution in [0.1, 0.15) is 5.56 Å². The standard InChI is InChI=1S/C16H15NOS/c1-19-14-6-4-5-13(9-14)17-10-12-11-18-16-8-3-2-7-15(12)16/h2-9,11,17H,10H2,1H3. The number of hydrogen-bond donors (Lipinski definition) is 1. The van der Waals surface area contributed by atoms with E-state index in [0.29, 0.717) is 0 Å². The van der Waals surface area contributed by atoms with E-state index >= 15 is 0 Å². The summed E-state index contributed by atoms with van der Waals surface area (Å²) in [5.41, 5.74) is 3.26. The van der Waals surface area contributed by atoms with Crippen molar-refractivity contribution in [1.82, 2.24) is 0 Å². The van der Waals surface area contributed by atoms with Crippen LogP contribution in [0.5, 0.6) is 0 Å². The van der Waals surface area contributed by atoms with E-state index in [-0.39, 0.29) is 0 Å². The summed E-state index contributed by atoms with van der Waals surface area (Å²) in [5, 5.41) is 4.62. The fourth-order valence-corrected chi connectivity index (χ4v) is 2.56. The number of thioether (sulfide) groups is 1. The highest BCUT2D eigenvalue weighted by Crippen LogP contribution is 2.23. The Bertz CT molecular complexity index is 690. The van der Waals surface area contributed by atoms with Crippen molar-refractivity contribution in [2.45, 2.75) is 11.4 Å². The van der Waals surface area contributed by atoms with Crippen molar-refractivity contribution >= 4 is 28.4 Å². The van der Waals surface area contributed by atoms with Crippen molar-refractivity contribution in [2.24, 2.45) is 0 Å². The number of para-hydroxylation sites is 1. The highest BCUT2D eigenvalue weighted by molar-refractivity contribution is 7.98. The second kappa shape index (κ2) is 5.41. The van der Waals surface area contributed by atoms with E-state index in [0.717, 1.165) is 17.8 Å². The summed E-state index contributed by atoms with van der Waals surface area (Å²) in [6.45, 7) is 0.773. The normalized spacial score (nSPS) is 10.8. The molecule has 2 nitrogen and oxygen atoms in total. The van der Waals surface area contributed by atoms with E-state index in [2.05, 4.69) is 41.9 Å². The number of rotatable bonds is 4. The molecule has 0 fully saturated rings. The van der Waals surface area contributed by atoms with E-state index in [1.165, 1.54) is 15.8 Å². The first-order valence-corrected chi connectivity index (χ1v) is 7.42. The molecule has 0 aliphatic rings. The third kappa shape index (κ3) is 2.61. The minimum atomic E-state index is 0.773. The molecule has 96 valence electrons. The maximum Gasteiger partial charge on any atom is 0.134 e. The third-order valence-electron chi connectivity index (χ3n) is 3.11. The SMILES string of the molecule is CSc1cccc(NCc2coc3ccccc23)c1. The lowest BCUT2D eigenvalue weighted by molar-refractivity contribution is 0.611. The summed E-state index contributed by atoms with van der Waals surface area (Å²) >= 11 is 1.75. The van der Waals surface area contributed by atoms with Gasteiger partial charge in [-0.3, -0.25) is 0 Å². The first-order chi connectivity index (χ1) is 9.36. The van der Waals surface area contributed by atoms with Gasteiger partial charge >= 0.3 is 0 Å². The Labute approximate surface area is 116 Å². The van der Waals surface area contributed by atoms with Gasteiger partial charge < -0.3 is 9.73 Å². The summed E-state index contributed by atoms with van der Waals surface area (Å²) in [7, 11) is 0. The molecule has 1 N–H and O–H groups in total. The molecule has 1 aromatic heterocycles. The highest BCUT2D eigenvalue weighted by atomic mass is 32.2. The molecule has 3 aromatic rings. The average molecular weight is 269 g/mol. The van der Waals surface area contributed by atoms with Gasteiger partial charge in [0, 0.05) is 28.1 Å². The molecule has 3 heteroatoms. The van der Waals surface area contributed by atoms with Gasteiger partial charge in [0.15, 0.2) is 0 Å². The molecule has 1 heterocycles. The number of benzene rings is 2. The Morgan fingerprint density at radius 2 is 2.00 bits per heavy atom. The van der Waals surface area contributed by atoms with Crippen molar-refractivity contribution in [3.05, 3.63) is 60.4 Å². The number of hydrogen-bond acceptors (Lipinski definition) is 3. The number of furan rings is 1. The Kier molecular flexibility index (Phi) is 3.47. The Morgan fingerprint density at radius 1 is 1.11 bits per heavy atom. The lowest BCUT2D eigenvalue weighted by Crippen LogP contribution is -1.98.